The number of nitrogens with zero attached hydrogens (tertiary/aromatic N) is 2. The number of anilines is 2. The average Bonchev–Trinajstić information content (AvgIpc) is 2.99. The SMILES string of the molecule is CN1C(=O)c2cc(NC(=O)Nc3ccccc3Cl)ccc2OC[C@H]2O[C@@H](CC(=O)NCCCN3CCOCC3)CC[C@@H]21. The second-order valence-electron chi connectivity index (χ2n) is 10.8. The van der Waals surface area contributed by atoms with Crippen LogP contribution in [-0.4, -0.2) is 98.9 Å². The topological polar surface area (TPSA) is 121 Å². The molecular weight excluding hydrogens is 562 g/mol. The molecule has 5 rings (SSSR count). The Balaban J connectivity index is 1.13. The smallest absolute Gasteiger partial charge is 0.323 e. The van der Waals surface area contributed by atoms with Crippen molar-refractivity contribution < 1.29 is 28.6 Å². The largest absolute Gasteiger partial charge is 0.490 e. The number of nitrogens with one attached hydrogen (secondary N) is 3. The summed E-state index contributed by atoms with van der Waals surface area (Å²) >= 11 is 6.13. The molecule has 3 aliphatic rings. The molecular formula is C30H38ClN5O6. The fourth-order valence-electron chi connectivity index (χ4n) is 5.59. The van der Waals surface area contributed by atoms with Crippen LogP contribution in [-0.2, 0) is 14.3 Å². The lowest BCUT2D eigenvalue weighted by atomic mass is 9.94. The molecule has 0 aliphatic carbocycles. The molecule has 12 heteroatoms. The summed E-state index contributed by atoms with van der Waals surface area (Å²) in [5.41, 5.74) is 1.27. The molecule has 0 unspecified atom stereocenters. The van der Waals surface area contributed by atoms with Crippen LogP contribution in [0.1, 0.15) is 36.0 Å². The van der Waals surface area contributed by atoms with Crippen molar-refractivity contribution in [1.29, 1.82) is 0 Å². The number of halogens is 1. The molecule has 0 aromatic heterocycles. The first kappa shape index (κ1) is 30.1. The molecule has 226 valence electrons. The highest BCUT2D eigenvalue weighted by Crippen LogP contribution is 2.32. The average molecular weight is 600 g/mol. The van der Waals surface area contributed by atoms with Crippen LogP contribution in [0.3, 0.4) is 0 Å². The fraction of sp³-hybridized carbons (Fsp3) is 0.500. The molecule has 11 nitrogen and oxygen atoms in total. The number of benzene rings is 2. The monoisotopic (exact) mass is 599 g/mol. The Hall–Kier alpha value is -3.38. The van der Waals surface area contributed by atoms with E-state index in [1.54, 1.807) is 54.4 Å². The van der Waals surface area contributed by atoms with E-state index in [1.807, 2.05) is 0 Å². The summed E-state index contributed by atoms with van der Waals surface area (Å²) in [5.74, 6) is 0.154. The highest BCUT2D eigenvalue weighted by atomic mass is 35.5. The van der Waals surface area contributed by atoms with E-state index >= 15 is 0 Å². The van der Waals surface area contributed by atoms with Gasteiger partial charge >= 0.3 is 6.03 Å². The number of rotatable bonds is 8. The van der Waals surface area contributed by atoms with Gasteiger partial charge in [-0.2, -0.15) is 0 Å². The van der Waals surface area contributed by atoms with Gasteiger partial charge in [0.2, 0.25) is 5.91 Å². The van der Waals surface area contributed by atoms with Gasteiger partial charge in [-0.05, 0) is 56.1 Å². The lowest BCUT2D eigenvalue weighted by Gasteiger charge is -2.42. The van der Waals surface area contributed by atoms with Gasteiger partial charge in [-0.15, -0.1) is 0 Å². The van der Waals surface area contributed by atoms with Crippen molar-refractivity contribution in [3.8, 4) is 5.75 Å². The fourth-order valence-corrected chi connectivity index (χ4v) is 5.77. The summed E-state index contributed by atoms with van der Waals surface area (Å²) < 4.78 is 17.7. The lowest BCUT2D eigenvalue weighted by Crippen LogP contribution is -2.54. The van der Waals surface area contributed by atoms with E-state index in [9.17, 15) is 14.4 Å². The molecule has 2 fully saturated rings. The molecule has 42 heavy (non-hydrogen) atoms. The van der Waals surface area contributed by atoms with Crippen LogP contribution in [0.4, 0.5) is 16.2 Å². The summed E-state index contributed by atoms with van der Waals surface area (Å²) in [6, 6.07) is 11.2. The number of amides is 4. The number of likely N-dealkylation sites (N-methyl/N-ethyl adjacent to an activating group) is 1. The van der Waals surface area contributed by atoms with Gasteiger partial charge in [-0.25, -0.2) is 4.79 Å². The molecule has 4 amide bonds. The Labute approximate surface area is 250 Å². The van der Waals surface area contributed by atoms with Crippen molar-refractivity contribution in [3.05, 3.63) is 53.1 Å². The number of urea groups is 1. The minimum absolute atomic E-state index is 0.0273. The number of hydrogen-bond acceptors (Lipinski definition) is 7. The van der Waals surface area contributed by atoms with E-state index < -0.39 is 6.03 Å². The van der Waals surface area contributed by atoms with Gasteiger partial charge < -0.3 is 35.1 Å². The lowest BCUT2D eigenvalue weighted by molar-refractivity contribution is -0.134. The van der Waals surface area contributed by atoms with Gasteiger partial charge in [-0.1, -0.05) is 23.7 Å². The second-order valence-corrected chi connectivity index (χ2v) is 11.2. The van der Waals surface area contributed by atoms with Gasteiger partial charge in [0, 0.05) is 32.4 Å². The van der Waals surface area contributed by atoms with Gasteiger partial charge in [0.25, 0.3) is 5.91 Å². The van der Waals surface area contributed by atoms with Gasteiger partial charge in [0.15, 0.2) is 0 Å². The third-order valence-corrected chi connectivity index (χ3v) is 8.21. The van der Waals surface area contributed by atoms with Crippen molar-refractivity contribution in [2.24, 2.45) is 0 Å². The number of carbonyl (C=O) groups excluding carboxylic acids is 3. The summed E-state index contributed by atoms with van der Waals surface area (Å²) in [6.07, 6.45) is 1.93. The molecule has 3 heterocycles. The molecule has 3 N–H and O–H groups in total. The van der Waals surface area contributed by atoms with E-state index in [0.29, 0.717) is 47.1 Å². The zero-order chi connectivity index (χ0) is 29.5. The van der Waals surface area contributed by atoms with Crippen LogP contribution in [0.25, 0.3) is 0 Å². The Morgan fingerprint density at radius 1 is 1.07 bits per heavy atom. The van der Waals surface area contributed by atoms with Crippen LogP contribution >= 0.6 is 11.6 Å². The Bertz CT molecular complexity index is 1270. The third-order valence-electron chi connectivity index (χ3n) is 7.88. The Morgan fingerprint density at radius 3 is 2.69 bits per heavy atom. The first-order valence-electron chi connectivity index (χ1n) is 14.5. The van der Waals surface area contributed by atoms with Crippen LogP contribution in [0.15, 0.2) is 42.5 Å². The summed E-state index contributed by atoms with van der Waals surface area (Å²) in [5, 5.41) is 8.89. The molecule has 0 spiro atoms. The second kappa shape index (κ2) is 14.2. The standard InChI is InChI=1S/C30H38ClN5O6/c1-35-25-9-8-21(18-28(37)32-11-4-12-36-13-15-40-16-14-36)42-27(25)19-41-26-10-7-20(17-22(26)29(35)38)33-30(39)34-24-6-3-2-5-23(24)31/h2-3,5-7,10,17,21,25,27H,4,8-9,11-16,18-19H2,1H3,(H,32,37)(H2,33,34,39)/t21-,25+,27-/m1/s1. The zero-order valence-corrected chi connectivity index (χ0v) is 24.5. The van der Waals surface area contributed by atoms with E-state index in [0.717, 1.165) is 39.3 Å². The maximum Gasteiger partial charge on any atom is 0.323 e. The summed E-state index contributed by atoms with van der Waals surface area (Å²) in [7, 11) is 1.75. The summed E-state index contributed by atoms with van der Waals surface area (Å²) in [4.78, 5) is 42.7. The quantitative estimate of drug-likeness (QED) is 0.397. The maximum absolute atomic E-state index is 13.5. The number of para-hydroxylation sites is 1. The highest BCUT2D eigenvalue weighted by molar-refractivity contribution is 6.33. The van der Waals surface area contributed by atoms with Crippen LogP contribution in [0, 0.1) is 0 Å². The molecule has 2 aromatic carbocycles. The first-order chi connectivity index (χ1) is 20.4. The predicted octanol–water partition coefficient (Wildman–Crippen LogP) is 3.59. The molecule has 2 aromatic rings. The van der Waals surface area contributed by atoms with Gasteiger partial charge in [0.05, 0.1) is 48.1 Å². The molecule has 0 saturated carbocycles. The first-order valence-corrected chi connectivity index (χ1v) is 14.8. The van der Waals surface area contributed by atoms with Crippen LogP contribution in [0.5, 0.6) is 5.75 Å². The number of hydrogen-bond donors (Lipinski definition) is 3. The third kappa shape index (κ3) is 7.71. The van der Waals surface area contributed by atoms with E-state index in [2.05, 4.69) is 20.9 Å². The zero-order valence-electron chi connectivity index (χ0n) is 23.8. The Kier molecular flexibility index (Phi) is 10.2. The maximum atomic E-state index is 13.5. The predicted molar refractivity (Wildman–Crippen MR) is 159 cm³/mol. The number of fused-ring (bicyclic) bond motifs is 2. The van der Waals surface area contributed by atoms with E-state index in [4.69, 9.17) is 25.8 Å². The summed E-state index contributed by atoms with van der Waals surface area (Å²) in [6.45, 7) is 5.24. The van der Waals surface area contributed by atoms with E-state index in [-0.39, 0.29) is 43.1 Å². The molecule has 0 radical (unpaired) electrons. The van der Waals surface area contributed by atoms with Crippen molar-refractivity contribution in [1.82, 2.24) is 15.1 Å². The highest BCUT2D eigenvalue weighted by Gasteiger charge is 2.39. The van der Waals surface area contributed by atoms with Crippen LogP contribution in [0.2, 0.25) is 5.02 Å². The Morgan fingerprint density at radius 2 is 1.88 bits per heavy atom. The number of ether oxygens (including phenoxy) is 3. The van der Waals surface area contributed by atoms with Crippen LogP contribution < -0.4 is 20.7 Å². The molecule has 3 atom stereocenters. The van der Waals surface area contributed by atoms with Crippen molar-refractivity contribution in [2.75, 3.05) is 63.7 Å². The molecule has 0 bridgehead atoms. The normalized spacial score (nSPS) is 22.6. The van der Waals surface area contributed by atoms with Gasteiger partial charge in [0.1, 0.15) is 18.5 Å². The minimum Gasteiger partial charge on any atom is -0.490 e. The molecule has 2 saturated heterocycles. The number of morpholine rings is 1. The minimum atomic E-state index is -0.483. The number of carbonyl (C=O) groups is 3. The van der Waals surface area contributed by atoms with Crippen molar-refractivity contribution in [3.63, 3.8) is 0 Å². The molecule has 3 aliphatic heterocycles. The van der Waals surface area contributed by atoms with Gasteiger partial charge in [-0.3, -0.25) is 14.5 Å². The van der Waals surface area contributed by atoms with E-state index in [1.165, 1.54) is 0 Å². The van der Waals surface area contributed by atoms with Crippen molar-refractivity contribution >= 4 is 40.8 Å². The van der Waals surface area contributed by atoms with Crippen molar-refractivity contribution in [2.45, 2.75) is 43.9 Å².